The maximum absolute atomic E-state index is 13.0. The first-order chi connectivity index (χ1) is 8.35. The van der Waals surface area contributed by atoms with E-state index in [4.69, 9.17) is 5.11 Å². The minimum absolute atomic E-state index is 0.0378. The first-order valence-electron chi connectivity index (χ1n) is 5.29. The summed E-state index contributed by atoms with van der Waals surface area (Å²) in [6.07, 6.45) is 0. The molecular formula is C11H14FNO4S. The van der Waals surface area contributed by atoms with Gasteiger partial charge in [-0.05, 0) is 17.7 Å². The standard InChI is InChI=1S/C11H14FNO4S/c1-2-13(18(16,17)8-11(14)15)7-9-4-3-5-10(12)6-9/h3-6H,2,7-8H2,1H3,(H,14,15). The van der Waals surface area contributed by atoms with E-state index in [0.29, 0.717) is 5.56 Å². The highest BCUT2D eigenvalue weighted by Crippen LogP contribution is 2.11. The average molecular weight is 275 g/mol. The predicted octanol–water partition coefficient (Wildman–Crippen LogP) is 1.06. The normalized spacial score (nSPS) is 11.7. The van der Waals surface area contributed by atoms with Crippen LogP contribution in [0.1, 0.15) is 12.5 Å². The highest BCUT2D eigenvalue weighted by molar-refractivity contribution is 7.89. The smallest absolute Gasteiger partial charge is 0.320 e. The number of rotatable bonds is 6. The Balaban J connectivity index is 2.88. The molecule has 5 nitrogen and oxygen atoms in total. The quantitative estimate of drug-likeness (QED) is 0.842. The molecule has 0 unspecified atom stereocenters. The van der Waals surface area contributed by atoms with Crippen LogP contribution in [0.3, 0.4) is 0 Å². The van der Waals surface area contributed by atoms with Crippen LogP contribution in [0.5, 0.6) is 0 Å². The van der Waals surface area contributed by atoms with Gasteiger partial charge in [0.05, 0.1) is 0 Å². The zero-order chi connectivity index (χ0) is 13.8. The van der Waals surface area contributed by atoms with Gasteiger partial charge in [-0.25, -0.2) is 12.8 Å². The number of benzene rings is 1. The fourth-order valence-electron chi connectivity index (χ4n) is 1.49. The molecule has 1 N–H and O–H groups in total. The van der Waals surface area contributed by atoms with Crippen molar-refractivity contribution in [2.45, 2.75) is 13.5 Å². The van der Waals surface area contributed by atoms with Crippen LogP contribution in [-0.4, -0.2) is 36.1 Å². The maximum atomic E-state index is 13.0. The zero-order valence-electron chi connectivity index (χ0n) is 9.84. The predicted molar refractivity (Wildman–Crippen MR) is 63.9 cm³/mol. The van der Waals surface area contributed by atoms with Crippen molar-refractivity contribution in [1.29, 1.82) is 0 Å². The zero-order valence-corrected chi connectivity index (χ0v) is 10.7. The molecule has 0 amide bonds. The summed E-state index contributed by atoms with van der Waals surface area (Å²) in [5.41, 5.74) is 0.478. The maximum Gasteiger partial charge on any atom is 0.320 e. The molecule has 0 bridgehead atoms. The van der Waals surface area contributed by atoms with Gasteiger partial charge in [0.2, 0.25) is 10.0 Å². The van der Waals surface area contributed by atoms with Gasteiger partial charge in [-0.1, -0.05) is 19.1 Å². The van der Waals surface area contributed by atoms with E-state index in [1.54, 1.807) is 13.0 Å². The minimum Gasteiger partial charge on any atom is -0.480 e. The molecule has 0 heterocycles. The topological polar surface area (TPSA) is 74.7 Å². The molecule has 0 aliphatic heterocycles. The molecule has 0 atom stereocenters. The average Bonchev–Trinajstić information content (AvgIpc) is 2.24. The van der Waals surface area contributed by atoms with Gasteiger partial charge in [-0.15, -0.1) is 0 Å². The van der Waals surface area contributed by atoms with E-state index in [0.717, 1.165) is 4.31 Å². The van der Waals surface area contributed by atoms with Crippen LogP contribution in [0.4, 0.5) is 4.39 Å². The van der Waals surface area contributed by atoms with Crippen molar-refractivity contribution in [2.75, 3.05) is 12.3 Å². The summed E-state index contributed by atoms with van der Waals surface area (Å²) in [6.45, 7) is 1.69. The molecule has 1 aromatic rings. The van der Waals surface area contributed by atoms with Gasteiger partial charge in [0.15, 0.2) is 5.75 Å². The third-order valence-corrected chi connectivity index (χ3v) is 4.09. The molecule has 0 fully saturated rings. The van der Waals surface area contributed by atoms with Gasteiger partial charge in [0, 0.05) is 13.1 Å². The Morgan fingerprint density at radius 3 is 2.61 bits per heavy atom. The molecule has 0 saturated carbocycles. The Hall–Kier alpha value is -1.47. The SMILES string of the molecule is CCN(Cc1cccc(F)c1)S(=O)(=O)CC(=O)O. The number of sulfonamides is 1. The second-order valence-corrected chi connectivity index (χ2v) is 5.67. The summed E-state index contributed by atoms with van der Waals surface area (Å²) in [7, 11) is -3.87. The van der Waals surface area contributed by atoms with Gasteiger partial charge in [-0.3, -0.25) is 4.79 Å². The lowest BCUT2D eigenvalue weighted by Crippen LogP contribution is -2.34. The Bertz CT molecular complexity index is 530. The van der Waals surface area contributed by atoms with Crippen molar-refractivity contribution in [3.63, 3.8) is 0 Å². The van der Waals surface area contributed by atoms with Crippen molar-refractivity contribution in [3.8, 4) is 0 Å². The summed E-state index contributed by atoms with van der Waals surface area (Å²) < 4.78 is 37.4. The van der Waals surface area contributed by atoms with Crippen molar-refractivity contribution < 1.29 is 22.7 Å². The van der Waals surface area contributed by atoms with E-state index < -0.39 is 27.6 Å². The number of carbonyl (C=O) groups is 1. The molecule has 100 valence electrons. The molecule has 18 heavy (non-hydrogen) atoms. The third-order valence-electron chi connectivity index (χ3n) is 2.30. The fourth-order valence-corrected chi connectivity index (χ4v) is 2.73. The van der Waals surface area contributed by atoms with Crippen molar-refractivity contribution >= 4 is 16.0 Å². The summed E-state index contributed by atoms with van der Waals surface area (Å²) >= 11 is 0. The lowest BCUT2D eigenvalue weighted by molar-refractivity contribution is -0.134. The van der Waals surface area contributed by atoms with Crippen LogP contribution in [0.15, 0.2) is 24.3 Å². The Kier molecular flexibility index (Phi) is 4.80. The van der Waals surface area contributed by atoms with Crippen LogP contribution >= 0.6 is 0 Å². The summed E-state index contributed by atoms with van der Waals surface area (Å²) in [5, 5.41) is 8.54. The second-order valence-electron chi connectivity index (χ2n) is 3.71. The van der Waals surface area contributed by atoms with Crippen LogP contribution in [0, 0.1) is 5.82 Å². The largest absolute Gasteiger partial charge is 0.480 e. The minimum atomic E-state index is -3.87. The number of halogens is 1. The Labute approximate surface area is 105 Å². The van der Waals surface area contributed by atoms with Gasteiger partial charge >= 0.3 is 5.97 Å². The number of nitrogens with zero attached hydrogens (tertiary/aromatic N) is 1. The lowest BCUT2D eigenvalue weighted by atomic mass is 10.2. The van der Waals surface area contributed by atoms with E-state index in [2.05, 4.69) is 0 Å². The van der Waals surface area contributed by atoms with Crippen LogP contribution in [0.25, 0.3) is 0 Å². The number of hydrogen-bond donors (Lipinski definition) is 1. The van der Waals surface area contributed by atoms with Crippen molar-refractivity contribution in [3.05, 3.63) is 35.6 Å². The number of carboxylic acids is 1. The van der Waals surface area contributed by atoms with Crippen molar-refractivity contribution in [2.24, 2.45) is 0 Å². The number of carboxylic acid groups (broad SMARTS) is 1. The monoisotopic (exact) mass is 275 g/mol. The highest BCUT2D eigenvalue weighted by Gasteiger charge is 2.23. The van der Waals surface area contributed by atoms with Gasteiger partial charge in [0.25, 0.3) is 0 Å². The summed E-state index contributed by atoms with van der Waals surface area (Å²) in [5.74, 6) is -2.83. The highest BCUT2D eigenvalue weighted by atomic mass is 32.2. The van der Waals surface area contributed by atoms with E-state index in [1.165, 1.54) is 18.2 Å². The molecule has 0 aliphatic carbocycles. The number of hydrogen-bond acceptors (Lipinski definition) is 3. The van der Waals surface area contributed by atoms with E-state index in [-0.39, 0.29) is 13.1 Å². The fraction of sp³-hybridized carbons (Fsp3) is 0.364. The second kappa shape index (κ2) is 5.92. The van der Waals surface area contributed by atoms with Gasteiger partial charge in [-0.2, -0.15) is 4.31 Å². The molecule has 1 aromatic carbocycles. The van der Waals surface area contributed by atoms with E-state index in [1.807, 2.05) is 0 Å². The third kappa shape index (κ3) is 4.08. The van der Waals surface area contributed by atoms with Crippen LogP contribution in [-0.2, 0) is 21.4 Å². The first-order valence-corrected chi connectivity index (χ1v) is 6.90. The Morgan fingerprint density at radius 1 is 1.44 bits per heavy atom. The van der Waals surface area contributed by atoms with Gasteiger partial charge in [0.1, 0.15) is 5.82 Å². The number of aliphatic carboxylic acids is 1. The first kappa shape index (κ1) is 14.6. The summed E-state index contributed by atoms with van der Waals surface area (Å²) in [4.78, 5) is 10.5. The molecular weight excluding hydrogens is 261 g/mol. The molecule has 0 aromatic heterocycles. The van der Waals surface area contributed by atoms with E-state index in [9.17, 15) is 17.6 Å². The molecule has 0 spiro atoms. The summed E-state index contributed by atoms with van der Waals surface area (Å²) in [6, 6.07) is 5.54. The molecule has 7 heteroatoms. The molecule has 1 rings (SSSR count). The van der Waals surface area contributed by atoms with Crippen molar-refractivity contribution in [1.82, 2.24) is 4.31 Å². The lowest BCUT2D eigenvalue weighted by Gasteiger charge is -2.19. The molecule has 0 radical (unpaired) electrons. The Morgan fingerprint density at radius 2 is 2.11 bits per heavy atom. The van der Waals surface area contributed by atoms with Crippen LogP contribution in [0.2, 0.25) is 0 Å². The van der Waals surface area contributed by atoms with Gasteiger partial charge < -0.3 is 5.11 Å². The molecule has 0 aliphatic rings. The van der Waals surface area contributed by atoms with E-state index >= 15 is 0 Å². The van der Waals surface area contributed by atoms with Crippen LogP contribution < -0.4 is 0 Å². The molecule has 0 saturated heterocycles.